The molecule has 0 fully saturated rings. The summed E-state index contributed by atoms with van der Waals surface area (Å²) in [6.07, 6.45) is 0. The Bertz CT molecular complexity index is 136. The van der Waals surface area contributed by atoms with Gasteiger partial charge in [-0.15, -0.1) is 0 Å². The summed E-state index contributed by atoms with van der Waals surface area (Å²) in [5.41, 5.74) is 0. The first-order valence-corrected chi connectivity index (χ1v) is 7.19. The van der Waals surface area contributed by atoms with Crippen molar-refractivity contribution in [3.63, 3.8) is 0 Å². The molecule has 0 atom stereocenters. The van der Waals surface area contributed by atoms with Crippen molar-refractivity contribution < 1.29 is 9.16 Å². The van der Waals surface area contributed by atoms with Crippen molar-refractivity contribution in [2.24, 2.45) is 0 Å². The SMILES string of the molecule is CO[Si](C)(C)CCOC(C)=S. The molecule has 0 heterocycles. The Hall–Kier alpha value is 0.0669. The average molecular weight is 192 g/mol. The van der Waals surface area contributed by atoms with Crippen LogP contribution in [0.3, 0.4) is 0 Å². The van der Waals surface area contributed by atoms with Gasteiger partial charge in [-0.2, -0.15) is 0 Å². The van der Waals surface area contributed by atoms with Gasteiger partial charge in [-0.05, 0) is 25.3 Å². The molecule has 0 radical (unpaired) electrons. The second-order valence-corrected chi connectivity index (χ2v) is 8.06. The molecule has 11 heavy (non-hydrogen) atoms. The number of hydrogen-bond donors (Lipinski definition) is 0. The Morgan fingerprint density at radius 2 is 2.00 bits per heavy atom. The molecule has 0 rings (SSSR count). The molecule has 0 aliphatic rings. The first kappa shape index (κ1) is 11.1. The fourth-order valence-electron chi connectivity index (χ4n) is 0.543. The predicted octanol–water partition coefficient (Wildman–Crippen LogP) is 2.20. The van der Waals surface area contributed by atoms with E-state index < -0.39 is 8.32 Å². The van der Waals surface area contributed by atoms with E-state index in [4.69, 9.17) is 21.4 Å². The molecule has 0 amide bonds. The summed E-state index contributed by atoms with van der Waals surface area (Å²) in [5.74, 6) is 0. The monoisotopic (exact) mass is 192 g/mol. The van der Waals surface area contributed by atoms with Gasteiger partial charge in [0.1, 0.15) is 0 Å². The third kappa shape index (κ3) is 6.46. The maximum Gasteiger partial charge on any atom is 0.189 e. The molecule has 0 unspecified atom stereocenters. The summed E-state index contributed by atoms with van der Waals surface area (Å²) in [4.78, 5) is 0. The fourth-order valence-corrected chi connectivity index (χ4v) is 1.42. The molecule has 0 aromatic rings. The van der Waals surface area contributed by atoms with Crippen molar-refractivity contribution in [2.75, 3.05) is 13.7 Å². The highest BCUT2D eigenvalue weighted by atomic mass is 32.1. The molecule has 0 N–H and O–H groups in total. The van der Waals surface area contributed by atoms with Gasteiger partial charge in [-0.3, -0.25) is 0 Å². The van der Waals surface area contributed by atoms with Gasteiger partial charge in [-0.1, -0.05) is 0 Å². The normalized spacial score (nSPS) is 11.3. The van der Waals surface area contributed by atoms with Gasteiger partial charge in [0.25, 0.3) is 0 Å². The van der Waals surface area contributed by atoms with Gasteiger partial charge in [0.2, 0.25) is 0 Å². The number of hydrogen-bond acceptors (Lipinski definition) is 3. The lowest BCUT2D eigenvalue weighted by Crippen LogP contribution is -2.30. The van der Waals surface area contributed by atoms with Crippen LogP contribution in [-0.4, -0.2) is 27.1 Å². The van der Waals surface area contributed by atoms with Crippen molar-refractivity contribution in [3.05, 3.63) is 0 Å². The Balaban J connectivity index is 3.45. The van der Waals surface area contributed by atoms with Crippen LogP contribution in [0.1, 0.15) is 6.92 Å². The van der Waals surface area contributed by atoms with Crippen molar-refractivity contribution in [1.29, 1.82) is 0 Å². The fraction of sp³-hybridized carbons (Fsp3) is 0.857. The van der Waals surface area contributed by atoms with Gasteiger partial charge in [0.05, 0.1) is 6.61 Å². The van der Waals surface area contributed by atoms with Gasteiger partial charge in [0, 0.05) is 20.1 Å². The van der Waals surface area contributed by atoms with Crippen LogP contribution < -0.4 is 0 Å². The molecule has 0 saturated heterocycles. The van der Waals surface area contributed by atoms with Crippen LogP contribution in [0.2, 0.25) is 19.1 Å². The largest absolute Gasteiger partial charge is 0.488 e. The molecule has 0 aliphatic carbocycles. The minimum Gasteiger partial charge on any atom is -0.488 e. The van der Waals surface area contributed by atoms with Crippen LogP contribution in [0.5, 0.6) is 0 Å². The third-order valence-corrected chi connectivity index (χ3v) is 4.19. The first-order valence-electron chi connectivity index (χ1n) is 3.66. The molecule has 0 bridgehead atoms. The third-order valence-electron chi connectivity index (χ3n) is 1.56. The van der Waals surface area contributed by atoms with Crippen LogP contribution in [0, 0.1) is 0 Å². The van der Waals surface area contributed by atoms with Crippen LogP contribution in [0.4, 0.5) is 0 Å². The molecule has 2 nitrogen and oxygen atoms in total. The second-order valence-electron chi connectivity index (χ2n) is 3.05. The topological polar surface area (TPSA) is 18.5 Å². The lowest BCUT2D eigenvalue weighted by molar-refractivity contribution is 0.317. The zero-order valence-corrected chi connectivity index (χ0v) is 9.46. The molecular formula is C7H16O2SSi. The minimum atomic E-state index is -1.43. The molecule has 0 aliphatic heterocycles. The van der Waals surface area contributed by atoms with Crippen LogP contribution in [0.25, 0.3) is 0 Å². The van der Waals surface area contributed by atoms with Crippen LogP contribution >= 0.6 is 12.2 Å². The summed E-state index contributed by atoms with van der Waals surface area (Å²) in [6.45, 7) is 6.81. The Labute approximate surface area is 75.0 Å². The van der Waals surface area contributed by atoms with E-state index in [1.54, 1.807) is 14.0 Å². The van der Waals surface area contributed by atoms with E-state index in [9.17, 15) is 0 Å². The molecule has 0 spiro atoms. The smallest absolute Gasteiger partial charge is 0.189 e. The molecule has 0 saturated carbocycles. The van der Waals surface area contributed by atoms with E-state index in [1.165, 1.54) is 0 Å². The maximum atomic E-state index is 5.34. The van der Waals surface area contributed by atoms with E-state index in [0.29, 0.717) is 11.7 Å². The van der Waals surface area contributed by atoms with E-state index in [1.807, 2.05) is 0 Å². The summed E-state index contributed by atoms with van der Waals surface area (Å²) < 4.78 is 10.5. The minimum absolute atomic E-state index is 0.617. The average Bonchev–Trinajstić information content (AvgIpc) is 1.87. The Kier molecular flexibility index (Phi) is 4.88. The lowest BCUT2D eigenvalue weighted by atomic mass is 10.8. The molecular weight excluding hydrogens is 176 g/mol. The van der Waals surface area contributed by atoms with Crippen molar-refractivity contribution in [2.45, 2.75) is 26.1 Å². The Morgan fingerprint density at radius 1 is 1.45 bits per heavy atom. The summed E-state index contributed by atoms with van der Waals surface area (Å²) in [6, 6.07) is 0.998. The quantitative estimate of drug-likeness (QED) is 0.502. The number of rotatable bonds is 4. The predicted molar refractivity (Wildman–Crippen MR) is 53.5 cm³/mol. The zero-order chi connectivity index (χ0) is 8.91. The van der Waals surface area contributed by atoms with Gasteiger partial charge >= 0.3 is 0 Å². The molecule has 4 heteroatoms. The highest BCUT2D eigenvalue weighted by molar-refractivity contribution is 7.80. The van der Waals surface area contributed by atoms with Gasteiger partial charge < -0.3 is 9.16 Å². The van der Waals surface area contributed by atoms with Gasteiger partial charge in [-0.25, -0.2) is 0 Å². The molecule has 66 valence electrons. The maximum absolute atomic E-state index is 5.34. The lowest BCUT2D eigenvalue weighted by Gasteiger charge is -2.19. The van der Waals surface area contributed by atoms with E-state index in [-0.39, 0.29) is 0 Å². The van der Waals surface area contributed by atoms with Crippen molar-refractivity contribution in [3.8, 4) is 0 Å². The van der Waals surface area contributed by atoms with Crippen molar-refractivity contribution >= 4 is 25.6 Å². The highest BCUT2D eigenvalue weighted by Crippen LogP contribution is 2.09. The van der Waals surface area contributed by atoms with E-state index in [2.05, 4.69) is 13.1 Å². The highest BCUT2D eigenvalue weighted by Gasteiger charge is 2.19. The van der Waals surface area contributed by atoms with Crippen LogP contribution in [-0.2, 0) is 9.16 Å². The number of ether oxygens (including phenoxy) is 1. The van der Waals surface area contributed by atoms with Crippen molar-refractivity contribution in [1.82, 2.24) is 0 Å². The van der Waals surface area contributed by atoms with E-state index in [0.717, 1.165) is 6.04 Å². The second kappa shape index (κ2) is 4.85. The van der Waals surface area contributed by atoms with E-state index >= 15 is 0 Å². The zero-order valence-electron chi connectivity index (χ0n) is 7.64. The first-order chi connectivity index (χ1) is 4.98. The summed E-state index contributed by atoms with van der Waals surface area (Å²) in [7, 11) is 0.332. The molecule has 0 aromatic heterocycles. The van der Waals surface area contributed by atoms with Crippen LogP contribution in [0.15, 0.2) is 0 Å². The van der Waals surface area contributed by atoms with Gasteiger partial charge in [0.15, 0.2) is 13.4 Å². The summed E-state index contributed by atoms with van der Waals surface area (Å²) in [5, 5.41) is 0.617. The molecule has 0 aromatic carbocycles. The standard InChI is InChI=1S/C7H16O2SSi/c1-7(10)9-5-6-11(3,4)8-2/h5-6H2,1-4H3. The number of thiocarbonyl (C=S) groups is 1. The summed E-state index contributed by atoms with van der Waals surface area (Å²) >= 11 is 4.77. The Morgan fingerprint density at radius 3 is 2.36 bits per heavy atom.